The number of hydrogen-bond acceptors (Lipinski definition) is 2. The van der Waals surface area contributed by atoms with Crippen LogP contribution in [0.25, 0.3) is 0 Å². The maximum Gasteiger partial charge on any atom is 0.0918 e. The first-order valence-electron chi connectivity index (χ1n) is 3.36. The summed E-state index contributed by atoms with van der Waals surface area (Å²) in [4.78, 5) is 0. The first-order valence-corrected chi connectivity index (χ1v) is 3.36. The van der Waals surface area contributed by atoms with Gasteiger partial charge in [0.1, 0.15) is 0 Å². The molecule has 3 unspecified atom stereocenters. The predicted octanol–water partition coefficient (Wildman–Crippen LogP) is 0.829. The van der Waals surface area contributed by atoms with E-state index in [2.05, 4.69) is 0 Å². The van der Waals surface area contributed by atoms with Crippen LogP contribution in [0, 0.1) is 11.8 Å². The first-order chi connectivity index (χ1) is 4.27. The summed E-state index contributed by atoms with van der Waals surface area (Å²) in [6.07, 6.45) is 3.35. The van der Waals surface area contributed by atoms with E-state index in [0.29, 0.717) is 5.76 Å². The summed E-state index contributed by atoms with van der Waals surface area (Å²) in [5.74, 6) is 1.05. The molecule has 1 fully saturated rings. The van der Waals surface area contributed by atoms with Gasteiger partial charge in [-0.05, 0) is 18.9 Å². The molecular formula is C7H10O2. The van der Waals surface area contributed by atoms with Crippen molar-refractivity contribution in [2.24, 2.45) is 11.8 Å². The van der Waals surface area contributed by atoms with Crippen molar-refractivity contribution in [3.8, 4) is 0 Å². The van der Waals surface area contributed by atoms with Crippen LogP contribution in [0.3, 0.4) is 0 Å². The van der Waals surface area contributed by atoms with E-state index in [1.165, 1.54) is 0 Å². The van der Waals surface area contributed by atoms with E-state index >= 15 is 0 Å². The standard InChI is InChI=1S/C7H10O2/c8-6-2-4-1-5(6)3-7(4)9/h2,4-5,7-9H,1,3H2. The molecule has 2 bridgehead atoms. The summed E-state index contributed by atoms with van der Waals surface area (Å²) in [6.45, 7) is 0. The highest BCUT2D eigenvalue weighted by molar-refractivity contribution is 5.15. The Labute approximate surface area is 53.8 Å². The van der Waals surface area contributed by atoms with Gasteiger partial charge in [0.05, 0.1) is 11.9 Å². The molecule has 9 heavy (non-hydrogen) atoms. The van der Waals surface area contributed by atoms with Gasteiger partial charge in [0.2, 0.25) is 0 Å². The van der Waals surface area contributed by atoms with E-state index in [4.69, 9.17) is 5.11 Å². The van der Waals surface area contributed by atoms with Gasteiger partial charge in [-0.15, -0.1) is 0 Å². The monoisotopic (exact) mass is 126 g/mol. The summed E-state index contributed by atoms with van der Waals surface area (Å²) in [5.41, 5.74) is 0. The number of aliphatic hydroxyl groups excluding tert-OH is 2. The molecule has 0 heterocycles. The Kier molecular flexibility index (Phi) is 0.887. The van der Waals surface area contributed by atoms with Crippen molar-refractivity contribution in [3.63, 3.8) is 0 Å². The molecule has 2 heteroatoms. The minimum absolute atomic E-state index is 0.175. The van der Waals surface area contributed by atoms with Crippen LogP contribution in [-0.2, 0) is 0 Å². The zero-order chi connectivity index (χ0) is 6.43. The largest absolute Gasteiger partial charge is 0.512 e. The number of allylic oxidation sites excluding steroid dienone is 1. The van der Waals surface area contributed by atoms with Gasteiger partial charge >= 0.3 is 0 Å². The lowest BCUT2D eigenvalue weighted by atomic mass is 10.0. The van der Waals surface area contributed by atoms with Crippen LogP contribution in [0.5, 0.6) is 0 Å². The minimum Gasteiger partial charge on any atom is -0.512 e. The Morgan fingerprint density at radius 1 is 1.44 bits per heavy atom. The second-order valence-corrected chi connectivity index (χ2v) is 2.99. The molecule has 0 saturated heterocycles. The number of rotatable bonds is 0. The molecule has 0 aromatic heterocycles. The van der Waals surface area contributed by atoms with Crippen molar-refractivity contribution < 1.29 is 10.2 Å². The van der Waals surface area contributed by atoms with Gasteiger partial charge in [0.15, 0.2) is 0 Å². The van der Waals surface area contributed by atoms with E-state index in [1.54, 1.807) is 6.08 Å². The van der Waals surface area contributed by atoms with Gasteiger partial charge in [-0.1, -0.05) is 0 Å². The normalized spacial score (nSPS) is 47.7. The molecule has 1 saturated carbocycles. The lowest BCUT2D eigenvalue weighted by molar-refractivity contribution is 0.140. The fraction of sp³-hybridized carbons (Fsp3) is 0.714. The van der Waals surface area contributed by atoms with Gasteiger partial charge in [-0.2, -0.15) is 0 Å². The van der Waals surface area contributed by atoms with Crippen LogP contribution in [0.1, 0.15) is 12.8 Å². The quantitative estimate of drug-likeness (QED) is 0.504. The SMILES string of the molecule is OC1=CC2CC1CC2O. The first kappa shape index (κ1) is 5.30. The van der Waals surface area contributed by atoms with Crippen LogP contribution in [-0.4, -0.2) is 16.3 Å². The second kappa shape index (κ2) is 1.51. The Bertz CT molecular complexity index is 162. The maximum atomic E-state index is 9.18. The highest BCUT2D eigenvalue weighted by atomic mass is 16.3. The summed E-state index contributed by atoms with van der Waals surface area (Å²) < 4.78 is 0. The molecule has 2 nitrogen and oxygen atoms in total. The lowest BCUT2D eigenvalue weighted by Crippen LogP contribution is -2.13. The molecule has 0 aromatic rings. The number of fused-ring (bicyclic) bond motifs is 2. The van der Waals surface area contributed by atoms with E-state index in [0.717, 1.165) is 12.8 Å². The van der Waals surface area contributed by atoms with Gasteiger partial charge in [0, 0.05) is 11.8 Å². The molecule has 0 aromatic carbocycles. The fourth-order valence-corrected chi connectivity index (χ4v) is 1.82. The fourth-order valence-electron chi connectivity index (χ4n) is 1.82. The molecule has 0 aliphatic heterocycles. The van der Waals surface area contributed by atoms with Crippen molar-refractivity contribution in [3.05, 3.63) is 11.8 Å². The van der Waals surface area contributed by atoms with Crippen LogP contribution >= 0.6 is 0 Å². The Morgan fingerprint density at radius 3 is 2.56 bits per heavy atom. The van der Waals surface area contributed by atoms with Gasteiger partial charge in [-0.25, -0.2) is 0 Å². The molecule has 2 aliphatic carbocycles. The number of hydrogen-bond donors (Lipinski definition) is 2. The van der Waals surface area contributed by atoms with Crippen LogP contribution < -0.4 is 0 Å². The molecule has 2 aliphatic rings. The van der Waals surface area contributed by atoms with Crippen molar-refractivity contribution in [1.82, 2.24) is 0 Å². The highest BCUT2D eigenvalue weighted by Crippen LogP contribution is 2.42. The minimum atomic E-state index is -0.175. The van der Waals surface area contributed by atoms with Crippen molar-refractivity contribution in [2.75, 3.05) is 0 Å². The van der Waals surface area contributed by atoms with Gasteiger partial charge in [0.25, 0.3) is 0 Å². The topological polar surface area (TPSA) is 40.5 Å². The molecule has 2 N–H and O–H groups in total. The van der Waals surface area contributed by atoms with Crippen molar-refractivity contribution >= 4 is 0 Å². The third-order valence-electron chi connectivity index (χ3n) is 2.38. The second-order valence-electron chi connectivity index (χ2n) is 2.99. The van der Waals surface area contributed by atoms with E-state index in [9.17, 15) is 5.11 Å². The maximum absolute atomic E-state index is 9.18. The molecule has 3 atom stereocenters. The zero-order valence-electron chi connectivity index (χ0n) is 5.12. The average molecular weight is 126 g/mol. The molecular weight excluding hydrogens is 116 g/mol. The van der Waals surface area contributed by atoms with Crippen LogP contribution in [0.4, 0.5) is 0 Å². The third kappa shape index (κ3) is 0.597. The third-order valence-corrected chi connectivity index (χ3v) is 2.38. The zero-order valence-corrected chi connectivity index (χ0v) is 5.12. The smallest absolute Gasteiger partial charge is 0.0918 e. The average Bonchev–Trinajstić information content (AvgIpc) is 2.24. The lowest BCUT2D eigenvalue weighted by Gasteiger charge is -2.11. The molecule has 0 radical (unpaired) electrons. The Hall–Kier alpha value is -0.500. The van der Waals surface area contributed by atoms with E-state index in [-0.39, 0.29) is 17.9 Å². The van der Waals surface area contributed by atoms with E-state index < -0.39 is 0 Å². The molecule has 0 spiro atoms. The van der Waals surface area contributed by atoms with E-state index in [1.807, 2.05) is 0 Å². The van der Waals surface area contributed by atoms with Crippen LogP contribution in [0.2, 0.25) is 0 Å². The summed E-state index contributed by atoms with van der Waals surface area (Å²) >= 11 is 0. The summed E-state index contributed by atoms with van der Waals surface area (Å²) in [7, 11) is 0. The number of aliphatic hydroxyl groups is 2. The predicted molar refractivity (Wildman–Crippen MR) is 32.9 cm³/mol. The Morgan fingerprint density at radius 2 is 2.22 bits per heavy atom. The highest BCUT2D eigenvalue weighted by Gasteiger charge is 2.39. The van der Waals surface area contributed by atoms with Crippen molar-refractivity contribution in [1.29, 1.82) is 0 Å². The van der Waals surface area contributed by atoms with Gasteiger partial charge in [-0.3, -0.25) is 0 Å². The molecule has 2 rings (SSSR count). The van der Waals surface area contributed by atoms with Gasteiger partial charge < -0.3 is 10.2 Å². The molecule has 0 amide bonds. The Balaban J connectivity index is 2.25. The van der Waals surface area contributed by atoms with Crippen molar-refractivity contribution in [2.45, 2.75) is 18.9 Å². The molecule has 50 valence electrons. The van der Waals surface area contributed by atoms with Crippen LogP contribution in [0.15, 0.2) is 11.8 Å². The summed E-state index contributed by atoms with van der Waals surface area (Å²) in [5, 5.41) is 18.3. The summed E-state index contributed by atoms with van der Waals surface area (Å²) in [6, 6.07) is 0.